The average molecular weight is 252 g/mol. The number of aliphatic carboxylic acids is 1. The molecule has 6 heteroatoms. The van der Waals surface area contributed by atoms with Crippen molar-refractivity contribution in [2.24, 2.45) is 11.3 Å². The summed E-state index contributed by atoms with van der Waals surface area (Å²) in [5.74, 6) is -1.45. The van der Waals surface area contributed by atoms with Crippen LogP contribution in [-0.4, -0.2) is 27.0 Å². The Kier molecular flexibility index (Phi) is 5.66. The van der Waals surface area contributed by atoms with Gasteiger partial charge in [0.15, 0.2) is 0 Å². The van der Waals surface area contributed by atoms with E-state index in [1.165, 1.54) is 0 Å². The van der Waals surface area contributed by atoms with E-state index in [9.17, 15) is 14.5 Å². The first kappa shape index (κ1) is 15.6. The van der Waals surface area contributed by atoms with Crippen molar-refractivity contribution >= 4 is 13.6 Å². The van der Waals surface area contributed by atoms with Gasteiger partial charge in [-0.05, 0) is 18.8 Å². The summed E-state index contributed by atoms with van der Waals surface area (Å²) in [6, 6.07) is 0. The Morgan fingerprint density at radius 2 is 1.69 bits per heavy atom. The Balaban J connectivity index is 5.15. The second-order valence-corrected chi connectivity index (χ2v) is 5.82. The molecule has 0 saturated heterocycles. The highest BCUT2D eigenvalue weighted by molar-refractivity contribution is 7.51. The van der Waals surface area contributed by atoms with E-state index in [0.717, 1.165) is 0 Å². The monoisotopic (exact) mass is 252 g/mol. The Morgan fingerprint density at radius 3 is 1.88 bits per heavy atom. The predicted molar refractivity (Wildman–Crippen MR) is 61.3 cm³/mol. The zero-order valence-electron chi connectivity index (χ0n) is 10.0. The van der Waals surface area contributed by atoms with Crippen LogP contribution in [0.3, 0.4) is 0 Å². The molecule has 0 aromatic rings. The quantitative estimate of drug-likeness (QED) is 0.603. The maximum Gasteiger partial charge on any atom is 0.325 e. The van der Waals surface area contributed by atoms with E-state index in [0.29, 0.717) is 19.3 Å². The van der Waals surface area contributed by atoms with Gasteiger partial charge < -0.3 is 14.9 Å². The van der Waals surface area contributed by atoms with Gasteiger partial charge in [0.1, 0.15) is 0 Å². The first-order valence-corrected chi connectivity index (χ1v) is 7.31. The van der Waals surface area contributed by atoms with Crippen LogP contribution in [0.15, 0.2) is 0 Å². The lowest BCUT2D eigenvalue weighted by molar-refractivity contribution is -0.153. The standard InChI is InChI=1S/C10H21O5P/c1-4-8(7-16(13,14)15)10(5-2,6-3)9(11)12/h8H,4-7H2,1-3H3,(H,11,12)(H2,13,14,15)/t8-/m0/s1. The van der Waals surface area contributed by atoms with Gasteiger partial charge in [0.2, 0.25) is 0 Å². The number of carboxylic acids is 1. The van der Waals surface area contributed by atoms with Crippen LogP contribution in [0.25, 0.3) is 0 Å². The van der Waals surface area contributed by atoms with E-state index in [-0.39, 0.29) is 6.16 Å². The van der Waals surface area contributed by atoms with Gasteiger partial charge in [-0.2, -0.15) is 0 Å². The molecular formula is C10H21O5P. The lowest BCUT2D eigenvalue weighted by Crippen LogP contribution is -2.39. The fourth-order valence-corrected chi connectivity index (χ4v) is 3.47. The summed E-state index contributed by atoms with van der Waals surface area (Å²) in [4.78, 5) is 29.3. The molecule has 0 aromatic heterocycles. The maximum absolute atomic E-state index is 11.3. The number of hydrogen-bond donors (Lipinski definition) is 3. The fraction of sp³-hybridized carbons (Fsp3) is 0.900. The zero-order chi connectivity index (χ0) is 13.0. The van der Waals surface area contributed by atoms with Crippen LogP contribution in [0.4, 0.5) is 0 Å². The summed E-state index contributed by atoms with van der Waals surface area (Å²) in [6.07, 6.45) is 0.880. The normalized spacial score (nSPS) is 14.8. The molecule has 0 saturated carbocycles. The Hall–Kier alpha value is -0.380. The van der Waals surface area contributed by atoms with Gasteiger partial charge in [-0.1, -0.05) is 27.2 Å². The molecular weight excluding hydrogens is 231 g/mol. The zero-order valence-corrected chi connectivity index (χ0v) is 10.9. The average Bonchev–Trinajstić information content (AvgIpc) is 2.16. The van der Waals surface area contributed by atoms with Crippen LogP contribution >= 0.6 is 7.60 Å². The van der Waals surface area contributed by atoms with Crippen LogP contribution in [0, 0.1) is 11.3 Å². The molecule has 0 heterocycles. The van der Waals surface area contributed by atoms with Gasteiger partial charge in [-0.25, -0.2) is 0 Å². The van der Waals surface area contributed by atoms with E-state index in [1.54, 1.807) is 20.8 Å². The molecule has 0 aromatic carbocycles. The van der Waals surface area contributed by atoms with Gasteiger partial charge in [-0.15, -0.1) is 0 Å². The highest BCUT2D eigenvalue weighted by atomic mass is 31.2. The molecule has 0 rings (SSSR count). The van der Waals surface area contributed by atoms with Crippen LogP contribution in [-0.2, 0) is 9.36 Å². The minimum absolute atomic E-state index is 0.350. The molecule has 0 radical (unpaired) electrons. The topological polar surface area (TPSA) is 94.8 Å². The molecule has 0 aliphatic carbocycles. The second-order valence-electron chi connectivity index (χ2n) is 4.12. The maximum atomic E-state index is 11.3. The molecule has 0 bridgehead atoms. The van der Waals surface area contributed by atoms with Crippen molar-refractivity contribution in [1.29, 1.82) is 0 Å². The molecule has 16 heavy (non-hydrogen) atoms. The first-order valence-electron chi connectivity index (χ1n) is 5.51. The molecule has 0 amide bonds. The molecule has 0 unspecified atom stereocenters. The second kappa shape index (κ2) is 5.80. The van der Waals surface area contributed by atoms with Crippen molar-refractivity contribution in [1.82, 2.24) is 0 Å². The highest BCUT2D eigenvalue weighted by Gasteiger charge is 2.44. The van der Waals surface area contributed by atoms with Crippen LogP contribution in [0.1, 0.15) is 40.0 Å². The summed E-state index contributed by atoms with van der Waals surface area (Å²) in [6.45, 7) is 5.27. The Morgan fingerprint density at radius 1 is 1.25 bits per heavy atom. The summed E-state index contributed by atoms with van der Waals surface area (Å²) in [5, 5.41) is 9.27. The molecule has 96 valence electrons. The van der Waals surface area contributed by atoms with E-state index in [2.05, 4.69) is 0 Å². The Bertz CT molecular complexity index is 279. The van der Waals surface area contributed by atoms with Gasteiger partial charge in [0.25, 0.3) is 0 Å². The van der Waals surface area contributed by atoms with E-state index >= 15 is 0 Å². The lowest BCUT2D eigenvalue weighted by atomic mass is 9.71. The number of carbonyl (C=O) groups is 1. The minimum Gasteiger partial charge on any atom is -0.481 e. The number of carboxylic acid groups (broad SMARTS) is 1. The Labute approximate surface area is 96.0 Å². The van der Waals surface area contributed by atoms with Gasteiger partial charge in [0.05, 0.1) is 11.6 Å². The predicted octanol–water partition coefficient (Wildman–Crippen LogP) is 2.08. The first-order chi connectivity index (χ1) is 7.23. The molecule has 5 nitrogen and oxygen atoms in total. The number of rotatable bonds is 7. The third-order valence-electron chi connectivity index (χ3n) is 3.42. The molecule has 1 atom stereocenters. The summed E-state index contributed by atoms with van der Waals surface area (Å²) in [5.41, 5.74) is -1.02. The van der Waals surface area contributed by atoms with E-state index < -0.39 is 24.9 Å². The van der Waals surface area contributed by atoms with E-state index in [4.69, 9.17) is 9.79 Å². The van der Waals surface area contributed by atoms with Crippen molar-refractivity contribution < 1.29 is 24.3 Å². The summed E-state index contributed by atoms with van der Waals surface area (Å²) >= 11 is 0. The third kappa shape index (κ3) is 3.58. The van der Waals surface area contributed by atoms with Crippen molar-refractivity contribution in [2.75, 3.05) is 6.16 Å². The molecule has 0 aliphatic heterocycles. The van der Waals surface area contributed by atoms with Crippen LogP contribution in [0.5, 0.6) is 0 Å². The summed E-state index contributed by atoms with van der Waals surface area (Å²) in [7, 11) is -4.16. The lowest BCUT2D eigenvalue weighted by Gasteiger charge is -2.35. The smallest absolute Gasteiger partial charge is 0.325 e. The van der Waals surface area contributed by atoms with Crippen LogP contribution in [0.2, 0.25) is 0 Å². The molecule has 0 fully saturated rings. The van der Waals surface area contributed by atoms with Gasteiger partial charge >= 0.3 is 13.6 Å². The number of hydrogen-bond acceptors (Lipinski definition) is 2. The van der Waals surface area contributed by atoms with Gasteiger partial charge in [0, 0.05) is 0 Å². The molecule has 0 aliphatic rings. The molecule has 3 N–H and O–H groups in total. The van der Waals surface area contributed by atoms with Crippen molar-refractivity contribution in [2.45, 2.75) is 40.0 Å². The summed E-state index contributed by atoms with van der Waals surface area (Å²) < 4.78 is 11.0. The SMILES string of the molecule is CC[C@@H](CP(=O)(O)O)C(CC)(CC)C(=O)O. The van der Waals surface area contributed by atoms with Gasteiger partial charge in [-0.3, -0.25) is 9.36 Å². The minimum atomic E-state index is -4.16. The highest BCUT2D eigenvalue weighted by Crippen LogP contribution is 2.46. The van der Waals surface area contributed by atoms with Crippen LogP contribution < -0.4 is 0 Å². The van der Waals surface area contributed by atoms with Crippen molar-refractivity contribution in [3.05, 3.63) is 0 Å². The largest absolute Gasteiger partial charge is 0.481 e. The molecule has 0 spiro atoms. The van der Waals surface area contributed by atoms with Crippen molar-refractivity contribution in [3.8, 4) is 0 Å². The van der Waals surface area contributed by atoms with Crippen molar-refractivity contribution in [3.63, 3.8) is 0 Å². The van der Waals surface area contributed by atoms with E-state index in [1.807, 2.05) is 0 Å². The third-order valence-corrected chi connectivity index (χ3v) is 4.34. The fourth-order valence-electron chi connectivity index (χ4n) is 2.29.